The van der Waals surface area contributed by atoms with Crippen LogP contribution >= 0.6 is 0 Å². The van der Waals surface area contributed by atoms with Gasteiger partial charge >= 0.3 is 0 Å². The molecule has 0 heterocycles. The first-order chi connectivity index (χ1) is 7.92. The number of sulfonamides is 1. The molecule has 0 aliphatic rings. The maximum absolute atomic E-state index is 10.6. The molecule has 0 rings (SSSR count). The molecule has 4 nitrogen and oxygen atoms in total. The smallest absolute Gasteiger partial charge is 0.209 e. The third kappa shape index (κ3) is 15.9. The van der Waals surface area contributed by atoms with Crippen molar-refractivity contribution in [2.24, 2.45) is 11.1 Å². The van der Waals surface area contributed by atoms with Crippen LogP contribution in [0.25, 0.3) is 0 Å². The van der Waals surface area contributed by atoms with Gasteiger partial charge in [-0.05, 0) is 31.6 Å². The Labute approximate surface area is 106 Å². The fraction of sp³-hybridized carbons (Fsp3) is 1.00. The van der Waals surface area contributed by atoms with E-state index in [1.807, 2.05) is 0 Å². The zero-order valence-corrected chi connectivity index (χ0v) is 12.0. The Bertz CT molecular complexity index is 263. The summed E-state index contributed by atoms with van der Waals surface area (Å²) in [6.45, 7) is 6.06. The van der Waals surface area contributed by atoms with Crippen molar-refractivity contribution < 1.29 is 13.2 Å². The van der Waals surface area contributed by atoms with Crippen LogP contribution in [0.5, 0.6) is 0 Å². The molecular weight excluding hydrogens is 238 g/mol. The number of nitrogens with two attached hydrogens (primary N) is 1. The van der Waals surface area contributed by atoms with Crippen molar-refractivity contribution in [3.05, 3.63) is 0 Å². The van der Waals surface area contributed by atoms with Gasteiger partial charge in [-0.25, -0.2) is 13.6 Å². The lowest BCUT2D eigenvalue weighted by Crippen LogP contribution is -2.16. The summed E-state index contributed by atoms with van der Waals surface area (Å²) in [5.74, 6) is 0.846. The van der Waals surface area contributed by atoms with Crippen LogP contribution in [0.2, 0.25) is 0 Å². The molecule has 0 spiro atoms. The minimum Gasteiger partial charge on any atom is -0.381 e. The minimum absolute atomic E-state index is 0.0994. The number of hydrogen-bond donors (Lipinski definition) is 1. The van der Waals surface area contributed by atoms with Gasteiger partial charge in [0.15, 0.2) is 0 Å². The number of rotatable bonds is 11. The van der Waals surface area contributed by atoms with Crippen molar-refractivity contribution in [3.63, 3.8) is 0 Å². The van der Waals surface area contributed by atoms with Gasteiger partial charge in [0.2, 0.25) is 10.0 Å². The van der Waals surface area contributed by atoms with Crippen LogP contribution in [0.15, 0.2) is 0 Å². The van der Waals surface area contributed by atoms with Gasteiger partial charge in [-0.1, -0.05) is 26.7 Å². The van der Waals surface area contributed by atoms with Crippen LogP contribution in [0.3, 0.4) is 0 Å². The molecule has 0 atom stereocenters. The van der Waals surface area contributed by atoms with E-state index < -0.39 is 10.0 Å². The monoisotopic (exact) mass is 265 g/mol. The second-order valence-electron chi connectivity index (χ2n) is 4.93. The molecule has 0 saturated carbocycles. The summed E-state index contributed by atoms with van der Waals surface area (Å²) in [6.07, 6.45) is 5.93. The van der Waals surface area contributed by atoms with E-state index in [0.29, 0.717) is 6.42 Å². The Kier molecular flexibility index (Phi) is 9.78. The average molecular weight is 265 g/mol. The third-order valence-corrected chi connectivity index (χ3v) is 3.40. The number of unbranched alkanes of at least 4 members (excludes halogenated alkanes) is 3. The Morgan fingerprint density at radius 2 is 1.59 bits per heavy atom. The molecule has 5 heteroatoms. The highest BCUT2D eigenvalue weighted by Crippen LogP contribution is 2.04. The van der Waals surface area contributed by atoms with Crippen molar-refractivity contribution >= 4 is 10.0 Å². The van der Waals surface area contributed by atoms with Crippen molar-refractivity contribution in [2.45, 2.75) is 52.4 Å². The number of hydrogen-bond acceptors (Lipinski definition) is 3. The second-order valence-corrected chi connectivity index (χ2v) is 6.66. The van der Waals surface area contributed by atoms with Crippen molar-refractivity contribution in [1.29, 1.82) is 0 Å². The molecule has 0 fully saturated rings. The summed E-state index contributed by atoms with van der Waals surface area (Å²) in [7, 11) is -3.27. The Balaban J connectivity index is 3.09. The van der Waals surface area contributed by atoms with E-state index in [-0.39, 0.29) is 5.75 Å². The summed E-state index contributed by atoms with van der Waals surface area (Å²) < 4.78 is 26.8. The molecule has 0 aromatic heterocycles. The Hall–Kier alpha value is -0.130. The highest BCUT2D eigenvalue weighted by Gasteiger charge is 2.01. The van der Waals surface area contributed by atoms with E-state index in [4.69, 9.17) is 9.88 Å². The van der Waals surface area contributed by atoms with Gasteiger partial charge in [-0.15, -0.1) is 0 Å². The Morgan fingerprint density at radius 1 is 1.00 bits per heavy atom. The van der Waals surface area contributed by atoms with Crippen LogP contribution in [0.4, 0.5) is 0 Å². The van der Waals surface area contributed by atoms with Crippen LogP contribution in [0.1, 0.15) is 52.4 Å². The standard InChI is InChI=1S/C12H27NO3S/c1-12(2)8-7-10-16-9-5-3-4-6-11-17(13,14)15/h12H,3-11H2,1-2H3,(H2,13,14,15). The van der Waals surface area contributed by atoms with Gasteiger partial charge in [0.05, 0.1) is 5.75 Å². The van der Waals surface area contributed by atoms with Gasteiger partial charge in [-0.3, -0.25) is 0 Å². The quantitative estimate of drug-likeness (QED) is 0.583. The predicted molar refractivity (Wildman–Crippen MR) is 71.3 cm³/mol. The SMILES string of the molecule is CC(C)CCCOCCCCCCS(N)(=O)=O. The molecule has 0 aliphatic carbocycles. The van der Waals surface area contributed by atoms with Crippen molar-refractivity contribution in [1.82, 2.24) is 0 Å². The van der Waals surface area contributed by atoms with Gasteiger partial charge < -0.3 is 4.74 Å². The first-order valence-electron chi connectivity index (χ1n) is 6.50. The molecule has 2 N–H and O–H groups in total. The molecule has 0 saturated heterocycles. The fourth-order valence-electron chi connectivity index (χ4n) is 1.56. The number of primary sulfonamides is 1. The van der Waals surface area contributed by atoms with Crippen molar-refractivity contribution in [2.75, 3.05) is 19.0 Å². The molecule has 0 unspecified atom stereocenters. The van der Waals surface area contributed by atoms with Crippen LogP contribution in [-0.4, -0.2) is 27.4 Å². The maximum Gasteiger partial charge on any atom is 0.209 e. The van der Waals surface area contributed by atoms with E-state index >= 15 is 0 Å². The highest BCUT2D eigenvalue weighted by atomic mass is 32.2. The van der Waals surface area contributed by atoms with Gasteiger partial charge in [0, 0.05) is 13.2 Å². The molecule has 0 radical (unpaired) electrons. The van der Waals surface area contributed by atoms with E-state index in [9.17, 15) is 8.42 Å². The van der Waals surface area contributed by atoms with E-state index in [1.54, 1.807) is 0 Å². The molecule has 17 heavy (non-hydrogen) atoms. The molecular formula is C12H27NO3S. The van der Waals surface area contributed by atoms with E-state index in [1.165, 1.54) is 6.42 Å². The first kappa shape index (κ1) is 16.9. The van der Waals surface area contributed by atoms with Crippen LogP contribution < -0.4 is 5.14 Å². The summed E-state index contributed by atoms with van der Waals surface area (Å²) in [6, 6.07) is 0. The summed E-state index contributed by atoms with van der Waals surface area (Å²) >= 11 is 0. The number of ether oxygens (including phenoxy) is 1. The van der Waals surface area contributed by atoms with Gasteiger partial charge in [0.25, 0.3) is 0 Å². The zero-order valence-electron chi connectivity index (χ0n) is 11.2. The average Bonchev–Trinajstić information content (AvgIpc) is 2.18. The van der Waals surface area contributed by atoms with Crippen molar-refractivity contribution in [3.8, 4) is 0 Å². The Morgan fingerprint density at radius 3 is 2.18 bits per heavy atom. The topological polar surface area (TPSA) is 69.4 Å². The van der Waals surface area contributed by atoms with Crippen LogP contribution in [0, 0.1) is 5.92 Å². The lowest BCUT2D eigenvalue weighted by atomic mass is 10.1. The zero-order chi connectivity index (χ0) is 13.1. The summed E-state index contributed by atoms with van der Waals surface area (Å²) in [5.41, 5.74) is 0. The van der Waals surface area contributed by atoms with Gasteiger partial charge in [-0.2, -0.15) is 0 Å². The predicted octanol–water partition coefficient (Wildman–Crippen LogP) is 2.29. The molecule has 0 amide bonds. The maximum atomic E-state index is 10.6. The molecule has 0 aliphatic heterocycles. The first-order valence-corrected chi connectivity index (χ1v) is 8.21. The lowest BCUT2D eigenvalue weighted by Gasteiger charge is -2.06. The van der Waals surface area contributed by atoms with E-state index in [2.05, 4.69) is 13.8 Å². The second kappa shape index (κ2) is 9.85. The molecule has 0 aromatic carbocycles. The normalized spacial score (nSPS) is 12.2. The molecule has 0 bridgehead atoms. The highest BCUT2D eigenvalue weighted by molar-refractivity contribution is 7.89. The van der Waals surface area contributed by atoms with E-state index in [0.717, 1.165) is 44.8 Å². The van der Waals surface area contributed by atoms with Crippen LogP contribution in [-0.2, 0) is 14.8 Å². The molecule has 0 aromatic rings. The molecule has 104 valence electrons. The minimum atomic E-state index is -3.27. The third-order valence-electron chi connectivity index (χ3n) is 2.54. The largest absolute Gasteiger partial charge is 0.381 e. The van der Waals surface area contributed by atoms with Gasteiger partial charge in [0.1, 0.15) is 0 Å². The summed E-state index contributed by atoms with van der Waals surface area (Å²) in [4.78, 5) is 0. The lowest BCUT2D eigenvalue weighted by molar-refractivity contribution is 0.124. The summed E-state index contributed by atoms with van der Waals surface area (Å²) in [5, 5.41) is 4.90. The fourth-order valence-corrected chi connectivity index (χ4v) is 2.16.